The minimum Gasteiger partial charge on any atom is -0.384 e. The molecule has 1 aromatic carbocycles. The molecule has 7 nitrogen and oxygen atoms in total. The summed E-state index contributed by atoms with van der Waals surface area (Å²) < 4.78 is 12.4. The summed E-state index contributed by atoms with van der Waals surface area (Å²) >= 11 is 1.42. The molecule has 3 atom stereocenters. The van der Waals surface area contributed by atoms with Crippen LogP contribution in [0.3, 0.4) is 0 Å². The number of carbonyl (C=O) groups is 1. The second kappa shape index (κ2) is 6.13. The molecule has 0 radical (unpaired) electrons. The number of nitrogens with one attached hydrogen (secondary N) is 1. The molecule has 3 aliphatic heterocycles. The van der Waals surface area contributed by atoms with Crippen molar-refractivity contribution >= 4 is 45.8 Å². The average molecular weight is 402 g/mol. The summed E-state index contributed by atoms with van der Waals surface area (Å²) in [4.78, 5) is 20.6. The maximum Gasteiger partial charge on any atom is 0.266 e. The zero-order valence-electron chi connectivity index (χ0n) is 15.0. The smallest absolute Gasteiger partial charge is 0.266 e. The highest BCUT2D eigenvalue weighted by Crippen LogP contribution is 2.45. The van der Waals surface area contributed by atoms with E-state index < -0.39 is 10.8 Å². The third-order valence-corrected chi connectivity index (χ3v) is 7.89. The van der Waals surface area contributed by atoms with E-state index in [4.69, 9.17) is 0 Å². The van der Waals surface area contributed by atoms with Crippen molar-refractivity contribution in [2.24, 2.45) is 5.10 Å². The number of likely N-dealkylation sites (N-methyl/N-ethyl adjacent to an activating group) is 1. The number of carbonyl (C=O) groups excluding carboxylic acids is 1. The quantitative estimate of drug-likeness (QED) is 0.848. The fourth-order valence-corrected chi connectivity index (χ4v) is 5.97. The van der Waals surface area contributed by atoms with Crippen LogP contribution >= 0.6 is 11.3 Å². The molecule has 9 heteroatoms. The third-order valence-electron chi connectivity index (χ3n) is 5.41. The molecule has 140 valence electrons. The Morgan fingerprint density at radius 3 is 3.07 bits per heavy atom. The molecule has 0 bridgehead atoms. The van der Waals surface area contributed by atoms with Crippen LogP contribution in [-0.2, 0) is 28.6 Å². The predicted octanol–water partition coefficient (Wildman–Crippen LogP) is 1.78. The Morgan fingerprint density at radius 1 is 1.41 bits per heavy atom. The van der Waals surface area contributed by atoms with Gasteiger partial charge in [0.25, 0.3) is 5.91 Å². The van der Waals surface area contributed by atoms with Crippen LogP contribution in [-0.4, -0.2) is 52.2 Å². The van der Waals surface area contributed by atoms with Crippen LogP contribution in [0.15, 0.2) is 27.6 Å². The van der Waals surface area contributed by atoms with E-state index in [-0.39, 0.29) is 17.9 Å². The van der Waals surface area contributed by atoms with Crippen LogP contribution in [0.5, 0.6) is 0 Å². The summed E-state index contributed by atoms with van der Waals surface area (Å²) in [7, 11) is 0.759. The Bertz CT molecular complexity index is 1000. The van der Waals surface area contributed by atoms with Gasteiger partial charge in [-0.05, 0) is 23.6 Å². The summed E-state index contributed by atoms with van der Waals surface area (Å²) in [6.07, 6.45) is 4.44. The molecule has 2 aromatic rings. The maximum absolute atomic E-state index is 13.2. The molecular formula is C18H19N5O2S2. The number of rotatable bonds is 3. The molecule has 0 saturated carbocycles. The number of aromatic nitrogens is 1. The lowest BCUT2D eigenvalue weighted by Crippen LogP contribution is -2.48. The van der Waals surface area contributed by atoms with Gasteiger partial charge in [-0.1, -0.05) is 12.1 Å². The Hall–Kier alpha value is -2.26. The van der Waals surface area contributed by atoms with Gasteiger partial charge in [0.2, 0.25) is 0 Å². The van der Waals surface area contributed by atoms with Gasteiger partial charge in [-0.25, -0.2) is 9.99 Å². The molecule has 0 fully saturated rings. The highest BCUT2D eigenvalue weighted by molar-refractivity contribution is 7.86. The molecule has 0 saturated heterocycles. The number of fused-ring (bicyclic) bond motifs is 4. The SMILES string of the molecule is CN1c2nc(S(C)=O)sc2C2C=NN(Cc3cccc4c3CCN4)C(=O)C21. The van der Waals surface area contributed by atoms with E-state index in [1.54, 1.807) is 11.3 Å². The van der Waals surface area contributed by atoms with Gasteiger partial charge < -0.3 is 10.2 Å². The first-order valence-corrected chi connectivity index (χ1v) is 11.2. The van der Waals surface area contributed by atoms with Crippen molar-refractivity contribution in [2.75, 3.05) is 30.1 Å². The number of nitrogens with zero attached hydrogens (tertiary/aromatic N) is 4. The topological polar surface area (TPSA) is 77.9 Å². The highest BCUT2D eigenvalue weighted by Gasteiger charge is 2.47. The fraction of sp³-hybridized carbons (Fsp3) is 0.389. The van der Waals surface area contributed by atoms with Gasteiger partial charge in [0.05, 0.1) is 28.1 Å². The average Bonchev–Trinajstić information content (AvgIpc) is 3.34. The molecular weight excluding hydrogens is 382 g/mol. The molecule has 3 aliphatic rings. The molecule has 27 heavy (non-hydrogen) atoms. The van der Waals surface area contributed by atoms with E-state index in [1.807, 2.05) is 24.2 Å². The molecule has 0 spiro atoms. The van der Waals surface area contributed by atoms with E-state index in [0.29, 0.717) is 10.9 Å². The van der Waals surface area contributed by atoms with Gasteiger partial charge in [0.15, 0.2) is 4.34 Å². The maximum atomic E-state index is 13.2. The van der Waals surface area contributed by atoms with Gasteiger partial charge in [0.1, 0.15) is 11.9 Å². The molecule has 4 heterocycles. The highest BCUT2D eigenvalue weighted by atomic mass is 32.2. The first kappa shape index (κ1) is 16.9. The monoisotopic (exact) mass is 401 g/mol. The summed E-state index contributed by atoms with van der Waals surface area (Å²) in [5.41, 5.74) is 3.57. The fourth-order valence-electron chi connectivity index (χ4n) is 4.09. The minimum absolute atomic E-state index is 0.0158. The number of hydrogen-bond acceptors (Lipinski definition) is 7. The zero-order valence-corrected chi connectivity index (χ0v) is 16.6. The van der Waals surface area contributed by atoms with Gasteiger partial charge in [0, 0.05) is 31.8 Å². The lowest BCUT2D eigenvalue weighted by molar-refractivity contribution is -0.133. The zero-order chi connectivity index (χ0) is 18.7. The van der Waals surface area contributed by atoms with Crippen LogP contribution in [0.1, 0.15) is 21.9 Å². The number of hydrazone groups is 1. The van der Waals surface area contributed by atoms with Crippen LogP contribution in [0, 0.1) is 0 Å². The van der Waals surface area contributed by atoms with E-state index in [0.717, 1.165) is 34.9 Å². The van der Waals surface area contributed by atoms with Crippen LogP contribution in [0.4, 0.5) is 11.5 Å². The normalized spacial score (nSPS) is 23.9. The molecule has 3 unspecified atom stereocenters. The lowest BCUT2D eigenvalue weighted by atomic mass is 9.99. The van der Waals surface area contributed by atoms with Gasteiger partial charge in [-0.15, -0.1) is 11.3 Å². The van der Waals surface area contributed by atoms with Crippen LogP contribution in [0.2, 0.25) is 0 Å². The molecule has 1 amide bonds. The Labute approximate surface area is 163 Å². The number of hydrogen-bond donors (Lipinski definition) is 1. The van der Waals surface area contributed by atoms with Gasteiger partial charge in [-0.3, -0.25) is 9.00 Å². The van der Waals surface area contributed by atoms with Crippen molar-refractivity contribution in [2.45, 2.75) is 29.3 Å². The third kappa shape index (κ3) is 2.52. The number of benzene rings is 1. The van der Waals surface area contributed by atoms with Crippen molar-refractivity contribution in [3.63, 3.8) is 0 Å². The van der Waals surface area contributed by atoms with Crippen molar-refractivity contribution in [3.05, 3.63) is 34.2 Å². The number of thiazole rings is 1. The number of amides is 1. The Kier molecular flexibility index (Phi) is 3.83. The standard InChI is InChI=1S/C18H19N5O2S2/c1-22-14-12(15-16(22)21-18(26-15)27(2)25)8-20-23(17(14)24)9-10-4-3-5-13-11(10)6-7-19-13/h3-5,8,12,14,19H,6-7,9H2,1-2H3. The summed E-state index contributed by atoms with van der Waals surface area (Å²) in [5, 5.41) is 9.42. The van der Waals surface area contributed by atoms with Crippen LogP contribution in [0.25, 0.3) is 0 Å². The summed E-state index contributed by atoms with van der Waals surface area (Å²) in [5.74, 6) is 0.622. The number of anilines is 2. The van der Waals surface area contributed by atoms with Gasteiger partial charge >= 0.3 is 0 Å². The van der Waals surface area contributed by atoms with E-state index in [9.17, 15) is 9.00 Å². The van der Waals surface area contributed by atoms with Crippen molar-refractivity contribution in [3.8, 4) is 0 Å². The van der Waals surface area contributed by atoms with Crippen molar-refractivity contribution in [1.29, 1.82) is 0 Å². The molecule has 5 rings (SSSR count). The summed E-state index contributed by atoms with van der Waals surface area (Å²) in [6.45, 7) is 1.41. The predicted molar refractivity (Wildman–Crippen MR) is 107 cm³/mol. The van der Waals surface area contributed by atoms with E-state index >= 15 is 0 Å². The van der Waals surface area contributed by atoms with E-state index in [1.165, 1.54) is 16.9 Å². The van der Waals surface area contributed by atoms with Crippen molar-refractivity contribution < 1.29 is 9.00 Å². The minimum atomic E-state index is -1.12. The Morgan fingerprint density at radius 2 is 2.26 bits per heavy atom. The second-order valence-corrected chi connectivity index (χ2v) is 9.57. The second-order valence-electron chi connectivity index (χ2n) is 6.98. The lowest BCUT2D eigenvalue weighted by Gasteiger charge is -2.32. The molecule has 1 N–H and O–H groups in total. The van der Waals surface area contributed by atoms with Crippen molar-refractivity contribution in [1.82, 2.24) is 9.99 Å². The molecule has 1 aromatic heterocycles. The Balaban J connectivity index is 1.45. The first-order chi connectivity index (χ1) is 13.0. The largest absolute Gasteiger partial charge is 0.384 e. The van der Waals surface area contributed by atoms with Crippen LogP contribution < -0.4 is 10.2 Å². The summed E-state index contributed by atoms with van der Waals surface area (Å²) in [6, 6.07) is 5.83. The van der Waals surface area contributed by atoms with Gasteiger partial charge in [-0.2, -0.15) is 5.10 Å². The first-order valence-electron chi connectivity index (χ1n) is 8.81. The van der Waals surface area contributed by atoms with E-state index in [2.05, 4.69) is 27.5 Å². The molecule has 0 aliphatic carbocycles.